The standard InChI is InChI=1S/C20H17ClN2O4/c1-12-17(23-19(26-12)14-8-4-3-5-9-14)20(25)27-13(2)18(24)22-16-11-7-6-10-15(16)21/h3-11,13H,1-2H3,(H,22,24)/t13-/m1/s1. The van der Waals surface area contributed by atoms with E-state index in [4.69, 9.17) is 20.8 Å². The summed E-state index contributed by atoms with van der Waals surface area (Å²) in [7, 11) is 0. The minimum absolute atomic E-state index is 0.0336. The first-order valence-corrected chi connectivity index (χ1v) is 8.62. The van der Waals surface area contributed by atoms with Gasteiger partial charge in [0.05, 0.1) is 10.7 Å². The fourth-order valence-corrected chi connectivity index (χ4v) is 2.54. The van der Waals surface area contributed by atoms with Gasteiger partial charge in [-0.25, -0.2) is 9.78 Å². The van der Waals surface area contributed by atoms with Gasteiger partial charge in [0.1, 0.15) is 5.76 Å². The van der Waals surface area contributed by atoms with Crippen LogP contribution in [0.25, 0.3) is 11.5 Å². The summed E-state index contributed by atoms with van der Waals surface area (Å²) in [6.45, 7) is 3.09. The van der Waals surface area contributed by atoms with Gasteiger partial charge >= 0.3 is 5.97 Å². The van der Waals surface area contributed by atoms with Crippen molar-refractivity contribution >= 4 is 29.2 Å². The number of aryl methyl sites for hydroxylation is 1. The number of amides is 1. The Morgan fingerprint density at radius 3 is 2.48 bits per heavy atom. The zero-order valence-corrected chi connectivity index (χ0v) is 15.5. The number of anilines is 1. The van der Waals surface area contributed by atoms with Crippen molar-refractivity contribution < 1.29 is 18.7 Å². The Labute approximate surface area is 161 Å². The number of hydrogen-bond donors (Lipinski definition) is 1. The van der Waals surface area contributed by atoms with Gasteiger partial charge in [-0.15, -0.1) is 0 Å². The Morgan fingerprint density at radius 2 is 1.78 bits per heavy atom. The second-order valence-corrected chi connectivity index (χ2v) is 6.21. The second kappa shape index (κ2) is 8.05. The molecule has 0 unspecified atom stereocenters. The van der Waals surface area contributed by atoms with Crippen molar-refractivity contribution in [2.24, 2.45) is 0 Å². The van der Waals surface area contributed by atoms with Crippen LogP contribution in [0.15, 0.2) is 59.0 Å². The van der Waals surface area contributed by atoms with Crippen LogP contribution in [0.2, 0.25) is 5.02 Å². The van der Waals surface area contributed by atoms with Gasteiger partial charge in [-0.2, -0.15) is 0 Å². The molecule has 3 aromatic rings. The van der Waals surface area contributed by atoms with E-state index in [9.17, 15) is 9.59 Å². The Morgan fingerprint density at radius 1 is 1.11 bits per heavy atom. The maximum atomic E-state index is 12.4. The van der Waals surface area contributed by atoms with Crippen molar-refractivity contribution in [3.63, 3.8) is 0 Å². The molecule has 6 nitrogen and oxygen atoms in total. The summed E-state index contributed by atoms with van der Waals surface area (Å²) in [4.78, 5) is 28.8. The van der Waals surface area contributed by atoms with Crippen molar-refractivity contribution in [3.8, 4) is 11.5 Å². The lowest BCUT2D eigenvalue weighted by atomic mass is 10.2. The smallest absolute Gasteiger partial charge is 0.361 e. The number of carbonyl (C=O) groups excluding carboxylic acids is 2. The number of nitrogens with one attached hydrogen (secondary N) is 1. The third kappa shape index (κ3) is 4.35. The Balaban J connectivity index is 1.69. The lowest BCUT2D eigenvalue weighted by Gasteiger charge is -2.13. The number of ether oxygens (including phenoxy) is 1. The van der Waals surface area contributed by atoms with E-state index in [0.717, 1.165) is 5.56 Å². The first-order chi connectivity index (χ1) is 13.0. The highest BCUT2D eigenvalue weighted by molar-refractivity contribution is 6.33. The van der Waals surface area contributed by atoms with Crippen molar-refractivity contribution in [2.45, 2.75) is 20.0 Å². The van der Waals surface area contributed by atoms with Crippen LogP contribution in [-0.2, 0) is 9.53 Å². The molecule has 0 fully saturated rings. The van der Waals surface area contributed by atoms with Gasteiger partial charge in [0.2, 0.25) is 5.89 Å². The molecule has 1 amide bonds. The molecule has 3 rings (SSSR count). The predicted molar refractivity (Wildman–Crippen MR) is 102 cm³/mol. The predicted octanol–water partition coefficient (Wildman–Crippen LogP) is 4.49. The highest BCUT2D eigenvalue weighted by atomic mass is 35.5. The first-order valence-electron chi connectivity index (χ1n) is 8.25. The largest absolute Gasteiger partial charge is 0.448 e. The van der Waals surface area contributed by atoms with Gasteiger partial charge in [-0.05, 0) is 38.1 Å². The summed E-state index contributed by atoms with van der Waals surface area (Å²) in [5.41, 5.74) is 1.21. The average molecular weight is 385 g/mol. The SMILES string of the molecule is Cc1oc(-c2ccccc2)nc1C(=O)O[C@H](C)C(=O)Nc1ccccc1Cl. The molecule has 0 radical (unpaired) electrons. The molecule has 1 heterocycles. The molecule has 27 heavy (non-hydrogen) atoms. The lowest BCUT2D eigenvalue weighted by Crippen LogP contribution is -2.30. The van der Waals surface area contributed by atoms with Crippen molar-refractivity contribution in [1.29, 1.82) is 0 Å². The second-order valence-electron chi connectivity index (χ2n) is 5.81. The first kappa shape index (κ1) is 18.7. The van der Waals surface area contributed by atoms with Gasteiger partial charge in [-0.3, -0.25) is 4.79 Å². The van der Waals surface area contributed by atoms with Crippen molar-refractivity contribution in [2.75, 3.05) is 5.32 Å². The minimum Gasteiger partial charge on any atom is -0.448 e. The van der Waals surface area contributed by atoms with Crippen LogP contribution >= 0.6 is 11.6 Å². The zero-order valence-electron chi connectivity index (χ0n) is 14.7. The van der Waals surface area contributed by atoms with Crippen LogP contribution in [0.1, 0.15) is 23.2 Å². The number of nitrogens with zero attached hydrogens (tertiary/aromatic N) is 1. The van der Waals surface area contributed by atoms with Crippen molar-refractivity contribution in [1.82, 2.24) is 4.98 Å². The fraction of sp³-hybridized carbons (Fsp3) is 0.150. The molecule has 0 saturated carbocycles. The summed E-state index contributed by atoms with van der Waals surface area (Å²) in [5, 5.41) is 3.01. The summed E-state index contributed by atoms with van der Waals surface area (Å²) in [6.07, 6.45) is -1.04. The lowest BCUT2D eigenvalue weighted by molar-refractivity contribution is -0.123. The fourth-order valence-electron chi connectivity index (χ4n) is 2.36. The number of para-hydroxylation sites is 1. The number of rotatable bonds is 5. The molecule has 0 spiro atoms. The van der Waals surface area contributed by atoms with E-state index in [1.54, 1.807) is 31.2 Å². The number of benzene rings is 2. The normalized spacial score (nSPS) is 11.7. The van der Waals surface area contributed by atoms with E-state index in [1.807, 2.05) is 30.3 Å². The Bertz CT molecular complexity index is 969. The Kier molecular flexibility index (Phi) is 5.57. The molecule has 138 valence electrons. The quantitative estimate of drug-likeness (QED) is 0.655. The third-order valence-electron chi connectivity index (χ3n) is 3.80. The third-order valence-corrected chi connectivity index (χ3v) is 4.13. The van der Waals surface area contributed by atoms with Crippen LogP contribution in [0.4, 0.5) is 5.69 Å². The average Bonchev–Trinajstić information content (AvgIpc) is 3.06. The van der Waals surface area contributed by atoms with E-state index in [2.05, 4.69) is 10.3 Å². The van der Waals surface area contributed by atoms with Crippen LogP contribution in [-0.4, -0.2) is 23.0 Å². The van der Waals surface area contributed by atoms with E-state index in [1.165, 1.54) is 6.92 Å². The van der Waals surface area contributed by atoms with Gasteiger partial charge in [0.25, 0.3) is 5.91 Å². The van der Waals surface area contributed by atoms with Gasteiger partial charge in [-0.1, -0.05) is 41.9 Å². The summed E-state index contributed by atoms with van der Waals surface area (Å²) in [6, 6.07) is 16.0. The zero-order chi connectivity index (χ0) is 19.4. The molecule has 0 aliphatic heterocycles. The Hall–Kier alpha value is -3.12. The van der Waals surface area contributed by atoms with E-state index in [0.29, 0.717) is 22.4 Å². The van der Waals surface area contributed by atoms with Crippen LogP contribution in [0.3, 0.4) is 0 Å². The molecule has 0 saturated heterocycles. The highest BCUT2D eigenvalue weighted by Crippen LogP contribution is 2.23. The molecular formula is C20H17ClN2O4. The number of halogens is 1. The van der Waals surface area contributed by atoms with E-state index in [-0.39, 0.29) is 5.69 Å². The van der Waals surface area contributed by atoms with Crippen molar-refractivity contribution in [3.05, 3.63) is 71.1 Å². The highest BCUT2D eigenvalue weighted by Gasteiger charge is 2.24. The van der Waals surface area contributed by atoms with Crippen LogP contribution < -0.4 is 5.32 Å². The number of oxazole rings is 1. The number of aromatic nitrogens is 1. The maximum Gasteiger partial charge on any atom is 0.361 e. The van der Waals surface area contributed by atoms with Gasteiger partial charge in [0.15, 0.2) is 11.8 Å². The molecular weight excluding hydrogens is 368 g/mol. The topological polar surface area (TPSA) is 81.4 Å². The van der Waals surface area contributed by atoms with Gasteiger partial charge < -0.3 is 14.5 Å². The van der Waals surface area contributed by atoms with E-state index >= 15 is 0 Å². The molecule has 0 aliphatic carbocycles. The molecule has 1 N–H and O–H groups in total. The van der Waals surface area contributed by atoms with Crippen LogP contribution in [0, 0.1) is 6.92 Å². The summed E-state index contributed by atoms with van der Waals surface area (Å²) < 4.78 is 10.8. The molecule has 1 atom stereocenters. The van der Waals surface area contributed by atoms with Crippen LogP contribution in [0.5, 0.6) is 0 Å². The summed E-state index contributed by atoms with van der Waals surface area (Å²) in [5.74, 6) is -0.605. The van der Waals surface area contributed by atoms with E-state index < -0.39 is 18.0 Å². The molecule has 2 aromatic carbocycles. The van der Waals surface area contributed by atoms with Gasteiger partial charge in [0, 0.05) is 5.56 Å². The molecule has 0 bridgehead atoms. The number of carbonyl (C=O) groups is 2. The molecule has 0 aliphatic rings. The number of esters is 1. The summed E-state index contributed by atoms with van der Waals surface area (Å²) >= 11 is 6.01. The molecule has 1 aromatic heterocycles. The monoisotopic (exact) mass is 384 g/mol. The number of hydrogen-bond acceptors (Lipinski definition) is 5. The molecule has 7 heteroatoms. The minimum atomic E-state index is -1.04. The maximum absolute atomic E-state index is 12.4.